The normalized spacial score (nSPS) is 17.1. The van der Waals surface area contributed by atoms with E-state index in [9.17, 15) is 14.4 Å². The van der Waals surface area contributed by atoms with E-state index in [0.29, 0.717) is 25.3 Å². The van der Waals surface area contributed by atoms with Crippen molar-refractivity contribution in [1.82, 2.24) is 14.4 Å². The molecular weight excluding hydrogens is 350 g/mol. The summed E-state index contributed by atoms with van der Waals surface area (Å²) in [5.41, 5.74) is 1.61. The number of nitrogens with zero attached hydrogens (tertiary/aromatic N) is 3. The van der Waals surface area contributed by atoms with Crippen molar-refractivity contribution < 1.29 is 24.2 Å². The average molecular weight is 373 g/mol. The highest BCUT2D eigenvalue weighted by atomic mass is 16.5. The van der Waals surface area contributed by atoms with Crippen LogP contribution in [0.1, 0.15) is 17.3 Å². The van der Waals surface area contributed by atoms with Crippen molar-refractivity contribution in [1.29, 1.82) is 0 Å². The van der Waals surface area contributed by atoms with Crippen LogP contribution in [0.25, 0.3) is 10.9 Å². The van der Waals surface area contributed by atoms with Gasteiger partial charge in [0.1, 0.15) is 6.54 Å². The Labute approximate surface area is 156 Å². The van der Waals surface area contributed by atoms with Gasteiger partial charge >= 0.3 is 5.97 Å². The minimum Gasteiger partial charge on any atom is -0.480 e. The Kier molecular flexibility index (Phi) is 5.46. The number of rotatable bonds is 5. The molecule has 144 valence electrons. The van der Waals surface area contributed by atoms with E-state index in [1.54, 1.807) is 4.90 Å². The monoisotopic (exact) mass is 373 g/mol. The highest BCUT2D eigenvalue weighted by molar-refractivity contribution is 6.07. The number of carbonyl (C=O) groups is 3. The summed E-state index contributed by atoms with van der Waals surface area (Å²) < 4.78 is 7.58. The summed E-state index contributed by atoms with van der Waals surface area (Å²) in [4.78, 5) is 38.6. The van der Waals surface area contributed by atoms with Crippen LogP contribution in [0.5, 0.6) is 0 Å². The summed E-state index contributed by atoms with van der Waals surface area (Å²) in [5, 5.41) is 9.85. The molecule has 0 spiro atoms. The Hall–Kier alpha value is -2.87. The van der Waals surface area contributed by atoms with Gasteiger partial charge in [-0.3, -0.25) is 14.4 Å². The SMILES string of the molecule is CC(=O)N(CC(=O)O)CC1CN(C(=O)c2cn(C)c3ccccc23)CCO1. The molecule has 0 saturated carbocycles. The minimum absolute atomic E-state index is 0.0901. The summed E-state index contributed by atoms with van der Waals surface area (Å²) >= 11 is 0. The first kappa shape index (κ1) is 18.9. The van der Waals surface area contributed by atoms with E-state index in [2.05, 4.69) is 0 Å². The summed E-state index contributed by atoms with van der Waals surface area (Å²) in [7, 11) is 1.90. The lowest BCUT2D eigenvalue weighted by Crippen LogP contribution is -2.51. The lowest BCUT2D eigenvalue weighted by molar-refractivity contribution is -0.145. The van der Waals surface area contributed by atoms with Crippen LogP contribution >= 0.6 is 0 Å². The number of aliphatic carboxylic acids is 1. The smallest absolute Gasteiger partial charge is 0.323 e. The first-order valence-electron chi connectivity index (χ1n) is 8.79. The molecule has 2 heterocycles. The van der Waals surface area contributed by atoms with Gasteiger partial charge in [0.15, 0.2) is 0 Å². The summed E-state index contributed by atoms with van der Waals surface area (Å²) in [6.07, 6.45) is 1.41. The van der Waals surface area contributed by atoms with E-state index in [0.717, 1.165) is 10.9 Å². The Morgan fingerprint density at radius 2 is 2.04 bits per heavy atom. The lowest BCUT2D eigenvalue weighted by atomic mass is 10.1. The molecular formula is C19H23N3O5. The molecule has 8 nitrogen and oxygen atoms in total. The Morgan fingerprint density at radius 3 is 2.74 bits per heavy atom. The van der Waals surface area contributed by atoms with Crippen LogP contribution in [0.2, 0.25) is 0 Å². The number of para-hydroxylation sites is 1. The van der Waals surface area contributed by atoms with E-state index in [-0.39, 0.29) is 24.9 Å². The molecule has 1 fully saturated rings. The zero-order valence-corrected chi connectivity index (χ0v) is 15.4. The number of ether oxygens (including phenoxy) is 1. The van der Waals surface area contributed by atoms with Gasteiger partial charge in [-0.05, 0) is 6.07 Å². The second kappa shape index (κ2) is 7.79. The quantitative estimate of drug-likeness (QED) is 0.843. The van der Waals surface area contributed by atoms with Gasteiger partial charge in [0.05, 0.1) is 18.3 Å². The van der Waals surface area contributed by atoms with Gasteiger partial charge in [-0.25, -0.2) is 0 Å². The summed E-state index contributed by atoms with van der Waals surface area (Å²) in [6.45, 7) is 2.20. The van der Waals surface area contributed by atoms with Gasteiger partial charge in [-0.15, -0.1) is 0 Å². The zero-order chi connectivity index (χ0) is 19.6. The fourth-order valence-electron chi connectivity index (χ4n) is 3.41. The molecule has 0 aliphatic carbocycles. The fourth-order valence-corrected chi connectivity index (χ4v) is 3.41. The second-order valence-corrected chi connectivity index (χ2v) is 6.71. The van der Waals surface area contributed by atoms with Crippen LogP contribution in [-0.4, -0.2) is 76.1 Å². The molecule has 1 saturated heterocycles. The number of carboxylic acid groups (broad SMARTS) is 1. The van der Waals surface area contributed by atoms with E-state index >= 15 is 0 Å². The van der Waals surface area contributed by atoms with Crippen LogP contribution in [0.15, 0.2) is 30.5 Å². The highest BCUT2D eigenvalue weighted by Gasteiger charge is 2.29. The topological polar surface area (TPSA) is 92.1 Å². The number of amides is 2. The zero-order valence-electron chi connectivity index (χ0n) is 15.4. The average Bonchev–Trinajstić information content (AvgIpc) is 2.97. The summed E-state index contributed by atoms with van der Waals surface area (Å²) in [6, 6.07) is 7.72. The number of morpholine rings is 1. The van der Waals surface area contributed by atoms with E-state index in [4.69, 9.17) is 9.84 Å². The van der Waals surface area contributed by atoms with Gasteiger partial charge in [-0.1, -0.05) is 18.2 Å². The molecule has 0 radical (unpaired) electrons. The van der Waals surface area contributed by atoms with Gasteiger partial charge in [0.2, 0.25) is 5.91 Å². The highest BCUT2D eigenvalue weighted by Crippen LogP contribution is 2.22. The molecule has 8 heteroatoms. The molecule has 1 aliphatic rings. The second-order valence-electron chi connectivity index (χ2n) is 6.71. The standard InChI is InChI=1S/C19H23N3O5/c1-13(23)22(12-18(24)25)10-14-9-21(7-8-27-14)19(26)16-11-20(2)17-6-4-3-5-15(16)17/h3-6,11,14H,7-10,12H2,1-2H3,(H,24,25). The maximum absolute atomic E-state index is 13.1. The Morgan fingerprint density at radius 1 is 1.30 bits per heavy atom. The van der Waals surface area contributed by atoms with E-state index in [1.165, 1.54) is 11.8 Å². The predicted molar refractivity (Wildman–Crippen MR) is 98.5 cm³/mol. The van der Waals surface area contributed by atoms with Gasteiger partial charge in [0.25, 0.3) is 5.91 Å². The fraction of sp³-hybridized carbons (Fsp3) is 0.421. The third-order valence-electron chi connectivity index (χ3n) is 4.75. The van der Waals surface area contributed by atoms with E-state index in [1.807, 2.05) is 42.1 Å². The third kappa shape index (κ3) is 4.11. The number of fused-ring (bicyclic) bond motifs is 1. The molecule has 1 N–H and O–H groups in total. The molecule has 1 aliphatic heterocycles. The van der Waals surface area contributed by atoms with Crippen LogP contribution in [-0.2, 0) is 21.4 Å². The molecule has 0 bridgehead atoms. The van der Waals surface area contributed by atoms with Crippen molar-refractivity contribution in [2.45, 2.75) is 13.0 Å². The van der Waals surface area contributed by atoms with Gasteiger partial charge < -0.3 is 24.2 Å². The number of hydrogen-bond acceptors (Lipinski definition) is 4. The largest absolute Gasteiger partial charge is 0.480 e. The maximum atomic E-state index is 13.1. The predicted octanol–water partition coefficient (Wildman–Crippen LogP) is 0.952. The van der Waals surface area contributed by atoms with Crippen LogP contribution in [0.3, 0.4) is 0 Å². The van der Waals surface area contributed by atoms with Crippen molar-refractivity contribution in [3.8, 4) is 0 Å². The van der Waals surface area contributed by atoms with Crippen LogP contribution in [0.4, 0.5) is 0 Å². The van der Waals surface area contributed by atoms with Crippen molar-refractivity contribution in [3.63, 3.8) is 0 Å². The van der Waals surface area contributed by atoms with E-state index < -0.39 is 12.1 Å². The Bertz CT molecular complexity index is 875. The Balaban J connectivity index is 1.74. The molecule has 1 aromatic heterocycles. The molecule has 2 amide bonds. The number of carboxylic acids is 1. The van der Waals surface area contributed by atoms with Crippen LogP contribution in [0, 0.1) is 0 Å². The third-order valence-corrected chi connectivity index (χ3v) is 4.75. The minimum atomic E-state index is -1.08. The van der Waals surface area contributed by atoms with Crippen LogP contribution < -0.4 is 0 Å². The number of benzene rings is 1. The molecule has 1 unspecified atom stereocenters. The number of aryl methyl sites for hydroxylation is 1. The summed E-state index contributed by atoms with van der Waals surface area (Å²) in [5.74, 6) is -1.50. The molecule has 3 rings (SSSR count). The molecule has 1 atom stereocenters. The van der Waals surface area contributed by atoms with Crippen molar-refractivity contribution in [2.75, 3.05) is 32.8 Å². The van der Waals surface area contributed by atoms with Crippen molar-refractivity contribution in [3.05, 3.63) is 36.0 Å². The number of aromatic nitrogens is 1. The first-order valence-corrected chi connectivity index (χ1v) is 8.79. The lowest BCUT2D eigenvalue weighted by Gasteiger charge is -2.35. The number of hydrogen-bond donors (Lipinski definition) is 1. The van der Waals surface area contributed by atoms with Crippen molar-refractivity contribution in [2.24, 2.45) is 7.05 Å². The van der Waals surface area contributed by atoms with Crippen molar-refractivity contribution >= 4 is 28.7 Å². The number of carbonyl (C=O) groups excluding carboxylic acids is 2. The van der Waals surface area contributed by atoms with Gasteiger partial charge in [-0.2, -0.15) is 0 Å². The van der Waals surface area contributed by atoms with Gasteiger partial charge in [0, 0.05) is 50.7 Å². The molecule has 2 aromatic rings. The first-order chi connectivity index (χ1) is 12.9. The molecule has 1 aromatic carbocycles. The maximum Gasteiger partial charge on any atom is 0.323 e. The molecule has 27 heavy (non-hydrogen) atoms.